The second kappa shape index (κ2) is 8.80. The predicted molar refractivity (Wildman–Crippen MR) is 116 cm³/mol. The van der Waals surface area contributed by atoms with E-state index in [-0.39, 0.29) is 23.4 Å². The molecule has 10 heteroatoms. The molecule has 0 bridgehead atoms. The van der Waals surface area contributed by atoms with E-state index < -0.39 is 33.9 Å². The van der Waals surface area contributed by atoms with Gasteiger partial charge in [-0.2, -0.15) is 4.31 Å². The van der Waals surface area contributed by atoms with Gasteiger partial charge in [0, 0.05) is 12.1 Å². The van der Waals surface area contributed by atoms with Crippen LogP contribution in [0.3, 0.4) is 0 Å². The summed E-state index contributed by atoms with van der Waals surface area (Å²) in [5, 5.41) is 11.5. The van der Waals surface area contributed by atoms with Crippen LogP contribution in [0.15, 0.2) is 65.6 Å². The van der Waals surface area contributed by atoms with Crippen molar-refractivity contribution in [3.63, 3.8) is 0 Å². The van der Waals surface area contributed by atoms with Crippen LogP contribution in [0.1, 0.15) is 22.9 Å². The number of nitrogens with zero attached hydrogens (tertiary/aromatic N) is 1. The smallest absolute Gasteiger partial charge is 0.406 e. The number of aryl methyl sites for hydroxylation is 1. The van der Waals surface area contributed by atoms with Crippen LogP contribution in [0.2, 0.25) is 0 Å². The van der Waals surface area contributed by atoms with Crippen molar-refractivity contribution >= 4 is 16.1 Å². The fraction of sp³-hybridized carbons (Fsp3) is 0.174. The van der Waals surface area contributed by atoms with Crippen LogP contribution < -0.4 is 10.1 Å². The summed E-state index contributed by atoms with van der Waals surface area (Å²) < 4.78 is 61.0. The molecule has 2 N–H and O–H groups in total. The highest BCUT2D eigenvalue weighted by molar-refractivity contribution is 7.89. The summed E-state index contributed by atoms with van der Waals surface area (Å²) in [6, 6.07) is 13.6. The number of hydrogen-bond donors (Lipinski definition) is 2. The first-order valence-corrected chi connectivity index (χ1v) is 11.4. The van der Waals surface area contributed by atoms with Crippen molar-refractivity contribution in [1.29, 1.82) is 0 Å². The Morgan fingerprint density at radius 3 is 2.24 bits per heavy atom. The van der Waals surface area contributed by atoms with E-state index in [1.165, 1.54) is 54.6 Å². The molecule has 0 unspecified atom stereocenters. The normalized spacial score (nSPS) is 16.2. The van der Waals surface area contributed by atoms with Crippen LogP contribution in [0, 0.1) is 18.6 Å². The average molecular weight is 474 g/mol. The van der Waals surface area contributed by atoms with Crippen molar-refractivity contribution in [2.45, 2.75) is 24.4 Å². The van der Waals surface area contributed by atoms with Crippen LogP contribution in [0.5, 0.6) is 11.5 Å². The van der Waals surface area contributed by atoms with E-state index in [0.29, 0.717) is 17.1 Å². The Labute approximate surface area is 189 Å². The Morgan fingerprint density at radius 2 is 1.64 bits per heavy atom. The number of nitrogens with one attached hydrogen (secondary N) is 1. The lowest BCUT2D eigenvalue weighted by Gasteiger charge is -2.36. The Kier molecular flexibility index (Phi) is 6.05. The van der Waals surface area contributed by atoms with E-state index in [9.17, 15) is 27.1 Å². The van der Waals surface area contributed by atoms with Crippen molar-refractivity contribution in [3.05, 3.63) is 89.0 Å². The van der Waals surface area contributed by atoms with Gasteiger partial charge in [0.1, 0.15) is 29.3 Å². The molecule has 1 aliphatic rings. The van der Waals surface area contributed by atoms with Gasteiger partial charge in [0.15, 0.2) is 0 Å². The highest BCUT2D eigenvalue weighted by Gasteiger charge is 2.39. The number of benzene rings is 3. The van der Waals surface area contributed by atoms with Gasteiger partial charge in [-0.15, -0.1) is 0 Å². The van der Waals surface area contributed by atoms with Gasteiger partial charge in [0.05, 0.1) is 4.90 Å². The third kappa shape index (κ3) is 4.53. The molecule has 1 atom stereocenters. The van der Waals surface area contributed by atoms with Gasteiger partial charge in [-0.05, 0) is 79.1 Å². The fourth-order valence-corrected chi connectivity index (χ4v) is 5.36. The molecule has 7 nitrogen and oxygen atoms in total. The van der Waals surface area contributed by atoms with Gasteiger partial charge in [-0.1, -0.05) is 6.07 Å². The van der Waals surface area contributed by atoms with E-state index in [4.69, 9.17) is 4.74 Å². The highest BCUT2D eigenvalue weighted by atomic mass is 32.2. The summed E-state index contributed by atoms with van der Waals surface area (Å²) in [7, 11) is -4.19. The third-order valence-corrected chi connectivity index (χ3v) is 7.30. The molecule has 3 aromatic rings. The van der Waals surface area contributed by atoms with Crippen LogP contribution in [-0.4, -0.2) is 30.5 Å². The molecule has 0 saturated carbocycles. The molecule has 33 heavy (non-hydrogen) atoms. The summed E-state index contributed by atoms with van der Waals surface area (Å²) in [6.07, 6.45) is -2.65. The number of halogens is 2. The molecule has 0 fully saturated rings. The fourth-order valence-electron chi connectivity index (χ4n) is 3.84. The van der Waals surface area contributed by atoms with Gasteiger partial charge < -0.3 is 15.2 Å². The summed E-state index contributed by atoms with van der Waals surface area (Å²) >= 11 is 0. The molecule has 1 heterocycles. The van der Waals surface area contributed by atoms with Crippen molar-refractivity contribution < 1.29 is 31.8 Å². The summed E-state index contributed by atoms with van der Waals surface area (Å²) in [5.41, 5.74) is 1.34. The van der Waals surface area contributed by atoms with Crippen LogP contribution in [0.25, 0.3) is 0 Å². The summed E-state index contributed by atoms with van der Waals surface area (Å²) in [4.78, 5) is 11.3. The number of sulfonamides is 1. The Balaban J connectivity index is 1.65. The molecule has 1 aliphatic heterocycles. The van der Waals surface area contributed by atoms with Crippen molar-refractivity contribution in [2.75, 3.05) is 6.54 Å². The maximum absolute atomic E-state index is 14.7. The van der Waals surface area contributed by atoms with E-state index in [1.54, 1.807) is 13.0 Å². The lowest BCUT2D eigenvalue weighted by molar-refractivity contribution is 0.172. The largest absolute Gasteiger partial charge is 0.465 e. The zero-order valence-electron chi connectivity index (χ0n) is 17.5. The third-order valence-electron chi connectivity index (χ3n) is 5.42. The Morgan fingerprint density at radius 1 is 1.03 bits per heavy atom. The van der Waals surface area contributed by atoms with Crippen molar-refractivity contribution in [1.82, 2.24) is 9.62 Å². The first-order valence-electron chi connectivity index (χ1n) is 9.99. The van der Waals surface area contributed by atoms with Gasteiger partial charge in [0.2, 0.25) is 10.0 Å². The quantitative estimate of drug-likeness (QED) is 0.565. The maximum atomic E-state index is 14.7. The van der Waals surface area contributed by atoms with E-state index in [1.807, 2.05) is 0 Å². The molecule has 4 rings (SSSR count). The van der Waals surface area contributed by atoms with E-state index in [2.05, 4.69) is 5.32 Å². The van der Waals surface area contributed by atoms with Gasteiger partial charge in [-0.25, -0.2) is 22.0 Å². The molecule has 0 saturated heterocycles. The standard InChI is InChI=1S/C23H20F2N2O5S/c1-14-2-11-20(25)21-19(14)12-13-27(22(21)26-23(28)29)33(30,31)18-9-7-17(8-10-18)32-16-5-3-15(24)4-6-16/h2-11,22,26H,12-13H2,1H3,(H,28,29)/t22-/m0/s1. The zero-order valence-corrected chi connectivity index (χ0v) is 18.3. The lowest BCUT2D eigenvalue weighted by Crippen LogP contribution is -2.48. The van der Waals surface area contributed by atoms with Gasteiger partial charge >= 0.3 is 6.09 Å². The minimum Gasteiger partial charge on any atom is -0.465 e. The number of amides is 1. The average Bonchev–Trinajstić information content (AvgIpc) is 2.78. The number of ether oxygens (including phenoxy) is 1. The van der Waals surface area contributed by atoms with Crippen LogP contribution >= 0.6 is 0 Å². The number of carboxylic acid groups (broad SMARTS) is 1. The molecular formula is C23H20F2N2O5S. The summed E-state index contributed by atoms with van der Waals surface area (Å²) in [6.45, 7) is 1.73. The Bertz CT molecular complexity index is 1300. The van der Waals surface area contributed by atoms with Gasteiger partial charge in [-0.3, -0.25) is 0 Å². The highest BCUT2D eigenvalue weighted by Crippen LogP contribution is 2.36. The topological polar surface area (TPSA) is 95.9 Å². The number of carbonyl (C=O) groups is 1. The first kappa shape index (κ1) is 22.7. The Hall–Kier alpha value is -3.50. The maximum Gasteiger partial charge on any atom is 0.406 e. The monoisotopic (exact) mass is 474 g/mol. The predicted octanol–water partition coefficient (Wildman–Crippen LogP) is 4.58. The second-order valence-corrected chi connectivity index (χ2v) is 9.39. The number of rotatable bonds is 5. The molecule has 0 radical (unpaired) electrons. The van der Waals surface area contributed by atoms with Crippen molar-refractivity contribution in [2.24, 2.45) is 0 Å². The first-order chi connectivity index (χ1) is 15.7. The molecule has 1 amide bonds. The molecule has 0 aliphatic carbocycles. The lowest BCUT2D eigenvalue weighted by atomic mass is 9.93. The number of hydrogen-bond acceptors (Lipinski definition) is 4. The summed E-state index contributed by atoms with van der Waals surface area (Å²) in [5.74, 6) is -0.400. The van der Waals surface area contributed by atoms with E-state index in [0.717, 1.165) is 9.87 Å². The second-order valence-electron chi connectivity index (χ2n) is 7.50. The minimum absolute atomic E-state index is 0.00323. The molecule has 0 spiro atoms. The molecule has 0 aromatic heterocycles. The van der Waals surface area contributed by atoms with E-state index >= 15 is 0 Å². The van der Waals surface area contributed by atoms with Gasteiger partial charge in [0.25, 0.3) is 0 Å². The molecule has 172 valence electrons. The molecular weight excluding hydrogens is 454 g/mol. The van der Waals surface area contributed by atoms with Crippen LogP contribution in [0.4, 0.5) is 13.6 Å². The SMILES string of the molecule is Cc1ccc(F)c2c1CCN(S(=O)(=O)c1ccc(Oc3ccc(F)cc3)cc1)[C@@H]2NC(=O)O. The zero-order chi connectivity index (χ0) is 23.8. The number of fused-ring (bicyclic) bond motifs is 1. The van der Waals surface area contributed by atoms with Crippen LogP contribution in [-0.2, 0) is 16.4 Å². The minimum atomic E-state index is -4.19. The van der Waals surface area contributed by atoms with Crippen molar-refractivity contribution in [3.8, 4) is 11.5 Å². The molecule has 3 aromatic carbocycles.